The molecule has 1 aliphatic heterocycles. The van der Waals surface area contributed by atoms with E-state index in [0.29, 0.717) is 23.2 Å². The lowest BCUT2D eigenvalue weighted by atomic mass is 10.0. The Balaban J connectivity index is 2.05. The van der Waals surface area contributed by atoms with Crippen molar-refractivity contribution < 1.29 is 8.42 Å². The number of nitrogens with zero attached hydrogens (tertiary/aromatic N) is 1. The van der Waals surface area contributed by atoms with Gasteiger partial charge in [0.05, 0.1) is 0 Å². The Hall–Kier alpha value is -0.430. The maximum atomic E-state index is 12.7. The minimum Gasteiger partial charge on any atom is -0.317 e. The van der Waals surface area contributed by atoms with Gasteiger partial charge in [0.2, 0.25) is 0 Å². The maximum absolute atomic E-state index is 12.7. The van der Waals surface area contributed by atoms with Crippen LogP contribution < -0.4 is 5.32 Å². The molecule has 0 saturated carbocycles. The van der Waals surface area contributed by atoms with E-state index in [4.69, 9.17) is 0 Å². The van der Waals surface area contributed by atoms with Crippen molar-refractivity contribution in [3.05, 3.63) is 17.0 Å². The Morgan fingerprint density at radius 1 is 1.33 bits per heavy atom. The molecule has 1 unspecified atom stereocenters. The Morgan fingerprint density at radius 2 is 2.14 bits per heavy atom. The summed E-state index contributed by atoms with van der Waals surface area (Å²) in [5.41, 5.74) is 0. The van der Waals surface area contributed by atoms with Crippen LogP contribution in [0.4, 0.5) is 0 Å². The Morgan fingerprint density at radius 3 is 2.90 bits per heavy atom. The Labute approximate surface area is 132 Å². The molecule has 2 rings (SSSR count). The van der Waals surface area contributed by atoms with Gasteiger partial charge in [-0.1, -0.05) is 13.8 Å². The van der Waals surface area contributed by atoms with Crippen LogP contribution in [0.5, 0.6) is 0 Å². The zero-order valence-corrected chi connectivity index (χ0v) is 14.6. The van der Waals surface area contributed by atoms with E-state index in [2.05, 4.69) is 19.2 Å². The van der Waals surface area contributed by atoms with Crippen molar-refractivity contribution in [1.29, 1.82) is 0 Å². The van der Waals surface area contributed by atoms with Crippen molar-refractivity contribution in [2.75, 3.05) is 26.2 Å². The van der Waals surface area contributed by atoms with Gasteiger partial charge in [-0.3, -0.25) is 0 Å². The van der Waals surface area contributed by atoms with Crippen LogP contribution in [0.25, 0.3) is 0 Å². The second-order valence-corrected chi connectivity index (χ2v) is 9.10. The molecule has 1 aliphatic rings. The molecule has 0 radical (unpaired) electrons. The van der Waals surface area contributed by atoms with Crippen molar-refractivity contribution in [3.63, 3.8) is 0 Å². The lowest BCUT2D eigenvalue weighted by molar-refractivity contribution is 0.418. The molecule has 1 aromatic heterocycles. The minimum atomic E-state index is -3.29. The summed E-state index contributed by atoms with van der Waals surface area (Å²) in [6, 6.07) is 3.73. The summed E-state index contributed by atoms with van der Waals surface area (Å²) in [6.07, 6.45) is 3.96. The first-order valence-corrected chi connectivity index (χ1v) is 10.1. The van der Waals surface area contributed by atoms with Crippen LogP contribution in [0.15, 0.2) is 16.3 Å². The number of hydrogen-bond donors (Lipinski definition) is 1. The fraction of sp³-hybridized carbons (Fsp3) is 0.733. The SMILES string of the molecule is CCNCCc1ccc(S(=O)(=O)N2CCCC(C)CC2)s1. The topological polar surface area (TPSA) is 49.4 Å². The highest BCUT2D eigenvalue weighted by atomic mass is 32.2. The summed E-state index contributed by atoms with van der Waals surface area (Å²) in [4.78, 5) is 1.14. The number of sulfonamides is 1. The molecule has 120 valence electrons. The van der Waals surface area contributed by atoms with Gasteiger partial charge in [0.15, 0.2) is 0 Å². The highest BCUT2D eigenvalue weighted by molar-refractivity contribution is 7.91. The molecule has 1 atom stereocenters. The maximum Gasteiger partial charge on any atom is 0.252 e. The van der Waals surface area contributed by atoms with E-state index in [0.717, 1.165) is 43.6 Å². The van der Waals surface area contributed by atoms with E-state index in [1.165, 1.54) is 11.3 Å². The fourth-order valence-corrected chi connectivity index (χ4v) is 5.63. The molecule has 0 aliphatic carbocycles. The highest BCUT2D eigenvalue weighted by Crippen LogP contribution is 2.28. The van der Waals surface area contributed by atoms with Gasteiger partial charge >= 0.3 is 0 Å². The summed E-state index contributed by atoms with van der Waals surface area (Å²) in [7, 11) is -3.29. The highest BCUT2D eigenvalue weighted by Gasteiger charge is 2.27. The summed E-state index contributed by atoms with van der Waals surface area (Å²) < 4.78 is 27.6. The monoisotopic (exact) mass is 330 g/mol. The number of hydrogen-bond acceptors (Lipinski definition) is 4. The number of rotatable bonds is 6. The molecule has 0 aromatic carbocycles. The van der Waals surface area contributed by atoms with Crippen LogP contribution in [0.1, 0.15) is 38.0 Å². The molecule has 0 amide bonds. The van der Waals surface area contributed by atoms with Crippen LogP contribution >= 0.6 is 11.3 Å². The number of thiophene rings is 1. The second kappa shape index (κ2) is 7.72. The van der Waals surface area contributed by atoms with E-state index in [1.54, 1.807) is 10.4 Å². The third kappa shape index (κ3) is 4.52. The van der Waals surface area contributed by atoms with Gasteiger partial charge in [0.1, 0.15) is 4.21 Å². The summed E-state index contributed by atoms with van der Waals surface area (Å²) in [6.45, 7) is 7.45. The van der Waals surface area contributed by atoms with E-state index < -0.39 is 10.0 Å². The van der Waals surface area contributed by atoms with Gasteiger partial charge in [-0.15, -0.1) is 11.3 Å². The predicted octanol–water partition coefficient (Wildman–Crippen LogP) is 2.71. The predicted molar refractivity (Wildman–Crippen MR) is 88.3 cm³/mol. The zero-order chi connectivity index (χ0) is 15.3. The van der Waals surface area contributed by atoms with Crippen LogP contribution in [-0.2, 0) is 16.4 Å². The third-order valence-electron chi connectivity index (χ3n) is 4.01. The van der Waals surface area contributed by atoms with Crippen molar-refractivity contribution in [3.8, 4) is 0 Å². The fourth-order valence-electron chi connectivity index (χ4n) is 2.62. The van der Waals surface area contributed by atoms with Crippen molar-refractivity contribution in [1.82, 2.24) is 9.62 Å². The largest absolute Gasteiger partial charge is 0.317 e. The molecule has 1 saturated heterocycles. The second-order valence-electron chi connectivity index (χ2n) is 5.76. The normalized spacial score (nSPS) is 21.3. The van der Waals surface area contributed by atoms with Crippen LogP contribution in [0, 0.1) is 5.92 Å². The molecule has 4 nitrogen and oxygen atoms in total. The molecule has 6 heteroatoms. The van der Waals surface area contributed by atoms with Gasteiger partial charge in [-0.2, -0.15) is 4.31 Å². The minimum absolute atomic E-state index is 0.503. The molecular formula is C15H26N2O2S2. The molecule has 1 N–H and O–H groups in total. The first-order chi connectivity index (χ1) is 10.0. The average molecular weight is 331 g/mol. The standard InChI is InChI=1S/C15H26N2O2S2/c1-3-16-10-8-14-6-7-15(20-14)21(18,19)17-11-4-5-13(2)9-12-17/h6-7,13,16H,3-5,8-12H2,1-2H3. The lowest BCUT2D eigenvalue weighted by Crippen LogP contribution is -2.31. The Bertz CT molecular complexity index is 540. The van der Waals surface area contributed by atoms with Gasteiger partial charge in [-0.05, 0) is 56.8 Å². The van der Waals surface area contributed by atoms with E-state index in [1.807, 2.05) is 6.07 Å². The number of nitrogens with one attached hydrogen (secondary N) is 1. The van der Waals surface area contributed by atoms with Crippen LogP contribution in [-0.4, -0.2) is 38.9 Å². The molecule has 0 bridgehead atoms. The lowest BCUT2D eigenvalue weighted by Gasteiger charge is -2.18. The van der Waals surface area contributed by atoms with E-state index in [-0.39, 0.29) is 0 Å². The van der Waals surface area contributed by atoms with Crippen molar-refractivity contribution in [2.45, 2.75) is 43.7 Å². The summed E-state index contributed by atoms with van der Waals surface area (Å²) >= 11 is 1.42. The summed E-state index contributed by atoms with van der Waals surface area (Å²) in [5, 5.41) is 3.27. The van der Waals surface area contributed by atoms with Gasteiger partial charge < -0.3 is 5.32 Å². The van der Waals surface area contributed by atoms with Gasteiger partial charge in [-0.25, -0.2) is 8.42 Å². The summed E-state index contributed by atoms with van der Waals surface area (Å²) in [5.74, 6) is 0.629. The zero-order valence-electron chi connectivity index (χ0n) is 13.0. The molecule has 0 spiro atoms. The first-order valence-electron chi connectivity index (χ1n) is 7.83. The van der Waals surface area contributed by atoms with E-state index in [9.17, 15) is 8.42 Å². The molecule has 1 aromatic rings. The molecular weight excluding hydrogens is 304 g/mol. The Kier molecular flexibility index (Phi) is 6.22. The smallest absolute Gasteiger partial charge is 0.252 e. The number of likely N-dealkylation sites (N-methyl/N-ethyl adjacent to an activating group) is 1. The molecule has 21 heavy (non-hydrogen) atoms. The van der Waals surface area contributed by atoms with Crippen LogP contribution in [0.3, 0.4) is 0 Å². The third-order valence-corrected chi connectivity index (χ3v) is 7.52. The average Bonchev–Trinajstić information content (AvgIpc) is 2.81. The quantitative estimate of drug-likeness (QED) is 0.816. The van der Waals surface area contributed by atoms with Crippen molar-refractivity contribution in [2.24, 2.45) is 5.92 Å². The first kappa shape index (κ1) is 16.9. The molecule has 2 heterocycles. The van der Waals surface area contributed by atoms with Crippen molar-refractivity contribution >= 4 is 21.4 Å². The van der Waals surface area contributed by atoms with Crippen LogP contribution in [0.2, 0.25) is 0 Å². The van der Waals surface area contributed by atoms with Gasteiger partial charge in [0, 0.05) is 18.0 Å². The molecule has 1 fully saturated rings. The van der Waals surface area contributed by atoms with E-state index >= 15 is 0 Å². The van der Waals surface area contributed by atoms with Gasteiger partial charge in [0.25, 0.3) is 10.0 Å².